The number of esters is 1. The van der Waals surface area contributed by atoms with E-state index in [1.165, 1.54) is 0 Å². The molecule has 0 bridgehead atoms. The first-order valence-electron chi connectivity index (χ1n) is 4.17. The lowest BCUT2D eigenvalue weighted by molar-refractivity contribution is -0.242. The Morgan fingerprint density at radius 3 is 2.00 bits per heavy atom. The monoisotopic (exact) mass is 242 g/mol. The maximum absolute atomic E-state index is 11.6. The van der Waals surface area contributed by atoms with Gasteiger partial charge in [-0.05, 0) is 13.8 Å². The molecular weight excluding hydrogens is 227 g/mol. The molecule has 0 aliphatic carbocycles. The van der Waals surface area contributed by atoms with Gasteiger partial charge in [0, 0.05) is 0 Å². The van der Waals surface area contributed by atoms with Crippen molar-refractivity contribution in [2.75, 3.05) is 20.4 Å². The van der Waals surface area contributed by atoms with Crippen LogP contribution in [0.5, 0.6) is 0 Å². The van der Waals surface area contributed by atoms with E-state index in [0.29, 0.717) is 0 Å². The molecule has 90 valence electrons. The fourth-order valence-corrected chi connectivity index (χ4v) is 1.73. The standard InChI is InChI=1S/C7H15O7P/c1-6(2)12-7(8)5-15(9,13-10-3)14-11-4/h6H,5H2,1-4H3. The molecule has 0 heterocycles. The molecule has 0 amide bonds. The van der Waals surface area contributed by atoms with Gasteiger partial charge in [0.15, 0.2) is 6.16 Å². The van der Waals surface area contributed by atoms with Gasteiger partial charge in [-0.15, -0.1) is 9.35 Å². The van der Waals surface area contributed by atoms with Crippen molar-refractivity contribution in [1.82, 2.24) is 0 Å². The Hall–Kier alpha value is -0.460. The summed E-state index contributed by atoms with van der Waals surface area (Å²) in [6.07, 6.45) is -0.886. The van der Waals surface area contributed by atoms with Crippen LogP contribution in [0.3, 0.4) is 0 Å². The summed E-state index contributed by atoms with van der Waals surface area (Å²) in [5, 5.41) is 0. The Morgan fingerprint density at radius 1 is 1.20 bits per heavy atom. The molecule has 0 fully saturated rings. The van der Waals surface area contributed by atoms with Crippen LogP contribution >= 0.6 is 7.60 Å². The first-order valence-corrected chi connectivity index (χ1v) is 5.89. The number of hydrogen-bond acceptors (Lipinski definition) is 7. The summed E-state index contributed by atoms with van der Waals surface area (Å²) in [5.74, 6) is -0.720. The number of hydrogen-bond donors (Lipinski definition) is 0. The Morgan fingerprint density at radius 2 is 1.67 bits per heavy atom. The van der Waals surface area contributed by atoms with Crippen molar-refractivity contribution < 1.29 is 33.2 Å². The van der Waals surface area contributed by atoms with E-state index in [1.54, 1.807) is 13.8 Å². The van der Waals surface area contributed by atoms with Crippen molar-refractivity contribution in [2.24, 2.45) is 0 Å². The van der Waals surface area contributed by atoms with Crippen LogP contribution in [0, 0.1) is 0 Å². The largest absolute Gasteiger partial charge is 0.462 e. The van der Waals surface area contributed by atoms with Crippen LogP contribution in [0.1, 0.15) is 13.8 Å². The number of carbonyl (C=O) groups is 1. The molecule has 15 heavy (non-hydrogen) atoms. The molecule has 0 aliphatic heterocycles. The quantitative estimate of drug-likeness (QED) is 0.288. The van der Waals surface area contributed by atoms with Crippen LogP contribution in [-0.4, -0.2) is 32.5 Å². The average Bonchev–Trinajstić information content (AvgIpc) is 2.01. The van der Waals surface area contributed by atoms with Gasteiger partial charge < -0.3 is 4.74 Å². The minimum atomic E-state index is -3.75. The lowest BCUT2D eigenvalue weighted by atomic mass is 10.5. The van der Waals surface area contributed by atoms with Crippen molar-refractivity contribution in [1.29, 1.82) is 0 Å². The molecule has 8 heteroatoms. The zero-order valence-corrected chi connectivity index (χ0v) is 9.98. The Bertz CT molecular complexity index is 229. The molecule has 0 aromatic rings. The highest BCUT2D eigenvalue weighted by atomic mass is 31.2. The normalized spacial score (nSPS) is 11.8. The summed E-state index contributed by atoms with van der Waals surface area (Å²) in [5.41, 5.74) is 0. The lowest BCUT2D eigenvalue weighted by Crippen LogP contribution is -2.16. The molecule has 0 saturated carbocycles. The van der Waals surface area contributed by atoms with Gasteiger partial charge in [0.1, 0.15) is 0 Å². The number of rotatable bonds is 7. The molecule has 0 aliphatic rings. The molecule has 0 spiro atoms. The van der Waals surface area contributed by atoms with Gasteiger partial charge >= 0.3 is 13.6 Å². The van der Waals surface area contributed by atoms with Gasteiger partial charge in [-0.25, -0.2) is 9.78 Å². The summed E-state index contributed by atoms with van der Waals surface area (Å²) in [6, 6.07) is 0. The van der Waals surface area contributed by atoms with Crippen LogP contribution in [0.2, 0.25) is 0 Å². The Labute approximate surface area is 88.0 Å². The van der Waals surface area contributed by atoms with Gasteiger partial charge in [-0.1, -0.05) is 0 Å². The predicted octanol–water partition coefficient (Wildman–Crippen LogP) is 1.29. The van der Waals surface area contributed by atoms with Gasteiger partial charge in [-0.3, -0.25) is 9.36 Å². The second-order valence-corrected chi connectivity index (χ2v) is 4.63. The van der Waals surface area contributed by atoms with Crippen molar-refractivity contribution >= 4 is 13.6 Å². The summed E-state index contributed by atoms with van der Waals surface area (Å²) >= 11 is 0. The summed E-state index contributed by atoms with van der Waals surface area (Å²) in [4.78, 5) is 19.5. The number of ether oxygens (including phenoxy) is 1. The highest BCUT2D eigenvalue weighted by molar-refractivity contribution is 7.54. The first-order chi connectivity index (χ1) is 6.93. The van der Waals surface area contributed by atoms with Gasteiger partial charge in [0.05, 0.1) is 20.3 Å². The van der Waals surface area contributed by atoms with Crippen molar-refractivity contribution in [3.8, 4) is 0 Å². The van der Waals surface area contributed by atoms with Crippen molar-refractivity contribution in [2.45, 2.75) is 20.0 Å². The summed E-state index contributed by atoms with van der Waals surface area (Å²) in [6.45, 7) is 3.33. The lowest BCUT2D eigenvalue weighted by Gasteiger charge is -2.14. The topological polar surface area (TPSA) is 80.3 Å². The maximum Gasteiger partial charge on any atom is 0.395 e. The molecule has 0 aromatic carbocycles. The average molecular weight is 242 g/mol. The molecule has 7 nitrogen and oxygen atoms in total. The predicted molar refractivity (Wildman–Crippen MR) is 49.9 cm³/mol. The van der Waals surface area contributed by atoms with Gasteiger partial charge in [0.25, 0.3) is 0 Å². The third kappa shape index (κ3) is 6.59. The highest BCUT2D eigenvalue weighted by Gasteiger charge is 2.32. The maximum atomic E-state index is 11.6. The minimum Gasteiger partial charge on any atom is -0.462 e. The zero-order valence-electron chi connectivity index (χ0n) is 9.09. The Balaban J connectivity index is 4.27. The van der Waals surface area contributed by atoms with E-state index in [0.717, 1.165) is 14.2 Å². The van der Waals surface area contributed by atoms with E-state index in [2.05, 4.69) is 19.1 Å². The number of carbonyl (C=O) groups excluding carboxylic acids is 1. The molecule has 0 N–H and O–H groups in total. The molecule has 0 unspecified atom stereocenters. The molecule has 0 aromatic heterocycles. The van der Waals surface area contributed by atoms with Crippen LogP contribution in [0.25, 0.3) is 0 Å². The Kier molecular flexibility index (Phi) is 6.71. The van der Waals surface area contributed by atoms with E-state index in [9.17, 15) is 9.36 Å². The van der Waals surface area contributed by atoms with Crippen LogP contribution in [0.15, 0.2) is 0 Å². The first kappa shape index (κ1) is 14.5. The van der Waals surface area contributed by atoms with E-state index in [-0.39, 0.29) is 6.10 Å². The smallest absolute Gasteiger partial charge is 0.395 e. The van der Waals surface area contributed by atoms with Crippen LogP contribution in [-0.2, 0) is 33.2 Å². The fourth-order valence-electron chi connectivity index (χ4n) is 0.751. The second-order valence-electron chi connectivity index (χ2n) is 2.79. The fraction of sp³-hybridized carbons (Fsp3) is 0.857. The third-order valence-corrected chi connectivity index (χ3v) is 2.46. The highest BCUT2D eigenvalue weighted by Crippen LogP contribution is 2.48. The molecule has 0 rings (SSSR count). The van der Waals surface area contributed by atoms with Crippen molar-refractivity contribution in [3.63, 3.8) is 0 Å². The third-order valence-electron chi connectivity index (χ3n) is 1.07. The van der Waals surface area contributed by atoms with Crippen LogP contribution < -0.4 is 0 Å². The van der Waals surface area contributed by atoms with E-state index >= 15 is 0 Å². The minimum absolute atomic E-state index is 0.309. The van der Waals surface area contributed by atoms with Gasteiger partial charge in [0.2, 0.25) is 0 Å². The van der Waals surface area contributed by atoms with Crippen molar-refractivity contribution in [3.05, 3.63) is 0 Å². The van der Waals surface area contributed by atoms with Gasteiger partial charge in [-0.2, -0.15) is 0 Å². The van der Waals surface area contributed by atoms with E-state index in [4.69, 9.17) is 4.74 Å². The second kappa shape index (κ2) is 6.92. The summed E-state index contributed by atoms with van der Waals surface area (Å²) < 4.78 is 25.0. The molecular formula is C7H15O7P. The SMILES string of the molecule is COOP(=O)(CC(=O)OC(C)C)OOC. The van der Waals surface area contributed by atoms with E-state index < -0.39 is 19.7 Å². The van der Waals surface area contributed by atoms with Crippen LogP contribution in [0.4, 0.5) is 0 Å². The zero-order chi connectivity index (χ0) is 11.9. The molecule has 0 atom stereocenters. The van der Waals surface area contributed by atoms with E-state index in [1.807, 2.05) is 0 Å². The summed E-state index contributed by atoms with van der Waals surface area (Å²) in [7, 11) is -1.47. The molecule has 0 radical (unpaired) electrons. The molecule has 0 saturated heterocycles.